The maximum Gasteiger partial charge on any atom is 0.313 e. The number of anilines is 1. The fourth-order valence-corrected chi connectivity index (χ4v) is 2.94. The van der Waals surface area contributed by atoms with Crippen LogP contribution in [0.1, 0.15) is 36.1 Å². The van der Waals surface area contributed by atoms with Gasteiger partial charge in [0.25, 0.3) is 0 Å². The molecule has 2 aromatic heterocycles. The Hall–Kier alpha value is -2.44. The maximum absolute atomic E-state index is 11.4. The summed E-state index contributed by atoms with van der Waals surface area (Å²) in [5.41, 5.74) is 3.06. The highest BCUT2D eigenvalue weighted by Crippen LogP contribution is 2.36. The van der Waals surface area contributed by atoms with Gasteiger partial charge in [-0.3, -0.25) is 9.89 Å². The molecule has 0 spiro atoms. The molecule has 3 heterocycles. The van der Waals surface area contributed by atoms with Gasteiger partial charge < -0.3 is 10.0 Å². The summed E-state index contributed by atoms with van der Waals surface area (Å²) in [7, 11) is 0. The van der Waals surface area contributed by atoms with Gasteiger partial charge >= 0.3 is 5.97 Å². The molecule has 0 amide bonds. The van der Waals surface area contributed by atoms with E-state index >= 15 is 0 Å². The lowest BCUT2D eigenvalue weighted by Gasteiger charge is -2.46. The zero-order valence-electron chi connectivity index (χ0n) is 13.6. The van der Waals surface area contributed by atoms with Crippen LogP contribution in [0.15, 0.2) is 12.1 Å². The van der Waals surface area contributed by atoms with E-state index < -0.39 is 11.4 Å². The molecule has 2 aromatic rings. The summed E-state index contributed by atoms with van der Waals surface area (Å²) >= 11 is 0. The summed E-state index contributed by atoms with van der Waals surface area (Å²) < 4.78 is 0. The Kier molecular flexibility index (Phi) is 3.79. The lowest BCUT2D eigenvalue weighted by Crippen LogP contribution is -2.60. The van der Waals surface area contributed by atoms with Crippen molar-refractivity contribution in [2.45, 2.75) is 33.6 Å². The maximum atomic E-state index is 11.4. The summed E-state index contributed by atoms with van der Waals surface area (Å²) in [6, 6.07) is 3.94. The zero-order chi connectivity index (χ0) is 16.6. The predicted molar refractivity (Wildman–Crippen MR) is 85.5 cm³/mol. The van der Waals surface area contributed by atoms with Crippen molar-refractivity contribution in [3.63, 3.8) is 0 Å². The fraction of sp³-hybridized carbons (Fsp3) is 0.500. The van der Waals surface area contributed by atoms with Crippen LogP contribution in [0.25, 0.3) is 0 Å². The SMILES string of the molecule is CCC1(C(=O)O)CN(c2nc(C)cc(Cc3cc(C)[nH]n3)n2)C1. The molecule has 0 saturated carbocycles. The van der Waals surface area contributed by atoms with Crippen LogP contribution in [0.3, 0.4) is 0 Å². The molecule has 1 saturated heterocycles. The molecule has 0 aromatic carbocycles. The second kappa shape index (κ2) is 5.64. The molecule has 3 rings (SSSR count). The van der Waals surface area contributed by atoms with Crippen molar-refractivity contribution >= 4 is 11.9 Å². The monoisotopic (exact) mass is 315 g/mol. The highest BCUT2D eigenvalue weighted by atomic mass is 16.4. The van der Waals surface area contributed by atoms with Crippen molar-refractivity contribution in [1.29, 1.82) is 0 Å². The standard InChI is InChI=1S/C16H21N5O2/c1-4-16(14(22)23)8-21(9-16)15-17-10(2)5-12(18-15)7-13-6-11(3)19-20-13/h5-6H,4,7-9H2,1-3H3,(H,19,20)(H,22,23). The van der Waals surface area contributed by atoms with Crippen LogP contribution >= 0.6 is 0 Å². The number of aliphatic carboxylic acids is 1. The Morgan fingerprint density at radius 2 is 2.04 bits per heavy atom. The number of aromatic nitrogens is 4. The Bertz CT molecular complexity index is 734. The molecule has 0 aliphatic carbocycles. The van der Waals surface area contributed by atoms with Crippen LogP contribution in [0, 0.1) is 19.3 Å². The number of carboxylic acids is 1. The smallest absolute Gasteiger partial charge is 0.313 e. The number of aromatic amines is 1. The largest absolute Gasteiger partial charge is 0.481 e. The van der Waals surface area contributed by atoms with E-state index in [0.717, 1.165) is 22.8 Å². The van der Waals surface area contributed by atoms with Crippen LogP contribution < -0.4 is 4.90 Å². The molecule has 2 N–H and O–H groups in total. The van der Waals surface area contributed by atoms with E-state index in [0.29, 0.717) is 31.9 Å². The van der Waals surface area contributed by atoms with Gasteiger partial charge in [-0.1, -0.05) is 6.92 Å². The first-order valence-electron chi connectivity index (χ1n) is 7.76. The number of carboxylic acid groups (broad SMARTS) is 1. The molecule has 7 heteroatoms. The fourth-order valence-electron chi connectivity index (χ4n) is 2.94. The van der Waals surface area contributed by atoms with Crippen molar-refractivity contribution in [1.82, 2.24) is 20.2 Å². The molecule has 7 nitrogen and oxygen atoms in total. The van der Waals surface area contributed by atoms with Gasteiger partial charge in [-0.2, -0.15) is 5.10 Å². The summed E-state index contributed by atoms with van der Waals surface area (Å²) in [6.45, 7) is 6.72. The van der Waals surface area contributed by atoms with Crippen LogP contribution in [0.2, 0.25) is 0 Å². The van der Waals surface area contributed by atoms with Crippen LogP contribution in [-0.2, 0) is 11.2 Å². The van der Waals surface area contributed by atoms with Crippen molar-refractivity contribution < 1.29 is 9.90 Å². The minimum atomic E-state index is -0.740. The van der Waals surface area contributed by atoms with Gasteiger partial charge in [-0.15, -0.1) is 0 Å². The van der Waals surface area contributed by atoms with Crippen molar-refractivity contribution in [2.24, 2.45) is 5.41 Å². The number of hydrogen-bond acceptors (Lipinski definition) is 5. The number of carbonyl (C=O) groups is 1. The number of aryl methyl sites for hydroxylation is 2. The molecule has 1 aliphatic rings. The average molecular weight is 315 g/mol. The summed E-state index contributed by atoms with van der Waals surface area (Å²) in [4.78, 5) is 22.4. The quantitative estimate of drug-likeness (QED) is 0.872. The molecule has 0 radical (unpaired) electrons. The first-order chi connectivity index (χ1) is 10.9. The Morgan fingerprint density at radius 3 is 2.61 bits per heavy atom. The highest BCUT2D eigenvalue weighted by Gasteiger charge is 2.49. The lowest BCUT2D eigenvalue weighted by molar-refractivity contribution is -0.150. The van der Waals surface area contributed by atoms with Crippen LogP contribution in [-0.4, -0.2) is 44.3 Å². The van der Waals surface area contributed by atoms with Gasteiger partial charge in [0.15, 0.2) is 0 Å². The summed E-state index contributed by atoms with van der Waals surface area (Å²) in [5.74, 6) is -0.131. The first-order valence-corrected chi connectivity index (χ1v) is 7.76. The Balaban J connectivity index is 1.78. The van der Waals surface area contributed by atoms with Crippen molar-refractivity contribution in [3.05, 3.63) is 34.9 Å². The van der Waals surface area contributed by atoms with Gasteiger partial charge in [0.2, 0.25) is 5.95 Å². The second-order valence-electron chi connectivity index (χ2n) is 6.31. The average Bonchev–Trinajstić information content (AvgIpc) is 2.82. The van der Waals surface area contributed by atoms with Crippen LogP contribution in [0.4, 0.5) is 5.95 Å². The normalized spacial score (nSPS) is 16.2. The van der Waals surface area contributed by atoms with Crippen LogP contribution in [0.5, 0.6) is 0 Å². The van der Waals surface area contributed by atoms with Gasteiger partial charge in [0.05, 0.1) is 11.4 Å². The Labute approximate surface area is 134 Å². The number of nitrogens with zero attached hydrogens (tertiary/aromatic N) is 4. The highest BCUT2D eigenvalue weighted by molar-refractivity contribution is 5.78. The molecule has 23 heavy (non-hydrogen) atoms. The van der Waals surface area contributed by atoms with E-state index in [1.807, 2.05) is 37.8 Å². The number of rotatable bonds is 5. The van der Waals surface area contributed by atoms with Gasteiger partial charge in [0, 0.05) is 30.9 Å². The molecule has 0 bridgehead atoms. The molecule has 0 unspecified atom stereocenters. The minimum absolute atomic E-state index is 0.462. The van der Waals surface area contributed by atoms with Gasteiger partial charge in [-0.05, 0) is 32.4 Å². The first kappa shape index (κ1) is 15.5. The van der Waals surface area contributed by atoms with Crippen molar-refractivity contribution in [3.8, 4) is 0 Å². The predicted octanol–water partition coefficient (Wildman–Crippen LogP) is 1.71. The van der Waals surface area contributed by atoms with E-state index in [9.17, 15) is 9.90 Å². The van der Waals surface area contributed by atoms with Gasteiger partial charge in [0.1, 0.15) is 5.41 Å². The lowest BCUT2D eigenvalue weighted by atomic mass is 9.77. The molecule has 122 valence electrons. The number of hydrogen-bond donors (Lipinski definition) is 2. The Morgan fingerprint density at radius 1 is 1.30 bits per heavy atom. The topological polar surface area (TPSA) is 95.0 Å². The van der Waals surface area contributed by atoms with E-state index in [2.05, 4.69) is 20.2 Å². The summed E-state index contributed by atoms with van der Waals surface area (Å²) in [6.07, 6.45) is 1.25. The van der Waals surface area contributed by atoms with Crippen molar-refractivity contribution in [2.75, 3.05) is 18.0 Å². The molecular weight excluding hydrogens is 294 g/mol. The molecule has 1 aliphatic heterocycles. The third kappa shape index (κ3) is 2.91. The molecule has 0 atom stereocenters. The summed E-state index contributed by atoms with van der Waals surface area (Å²) in [5, 5.41) is 16.5. The van der Waals surface area contributed by atoms with E-state index in [1.165, 1.54) is 0 Å². The zero-order valence-corrected chi connectivity index (χ0v) is 13.6. The van der Waals surface area contributed by atoms with Gasteiger partial charge in [-0.25, -0.2) is 9.97 Å². The number of H-pyrrole nitrogens is 1. The van der Waals surface area contributed by atoms with E-state index in [4.69, 9.17) is 0 Å². The van der Waals surface area contributed by atoms with E-state index in [-0.39, 0.29) is 0 Å². The third-order valence-electron chi connectivity index (χ3n) is 4.42. The molecule has 1 fully saturated rings. The number of nitrogens with one attached hydrogen (secondary N) is 1. The van der Waals surface area contributed by atoms with E-state index in [1.54, 1.807) is 0 Å². The minimum Gasteiger partial charge on any atom is -0.481 e. The third-order valence-corrected chi connectivity index (χ3v) is 4.42. The second-order valence-corrected chi connectivity index (χ2v) is 6.31. The molecular formula is C16H21N5O2.